The molecule has 0 amide bonds. The van der Waals surface area contributed by atoms with Crippen LogP contribution < -0.4 is 5.32 Å². The molecule has 0 saturated heterocycles. The number of carboxylic acids is 1. The predicted molar refractivity (Wildman–Crippen MR) is 68.2 cm³/mol. The summed E-state index contributed by atoms with van der Waals surface area (Å²) in [4.78, 5) is 11.1. The first-order chi connectivity index (χ1) is 8.50. The highest BCUT2D eigenvalue weighted by molar-refractivity contribution is 7.10. The van der Waals surface area contributed by atoms with Crippen LogP contribution in [0.25, 0.3) is 0 Å². The fourth-order valence-corrected chi connectivity index (χ4v) is 2.37. The van der Waals surface area contributed by atoms with Crippen molar-refractivity contribution in [2.75, 3.05) is 5.32 Å². The Kier molecular flexibility index (Phi) is 3.29. The average Bonchev–Trinajstić information content (AvgIpc) is 2.66. The first kappa shape index (κ1) is 12.5. The molecule has 4 nitrogen and oxygen atoms in total. The van der Waals surface area contributed by atoms with E-state index in [9.17, 15) is 9.18 Å². The third-order valence-corrected chi connectivity index (χ3v) is 3.45. The highest BCUT2D eigenvalue weighted by Gasteiger charge is 2.18. The van der Waals surface area contributed by atoms with E-state index in [1.165, 1.54) is 6.07 Å². The molecule has 94 valence electrons. The highest BCUT2D eigenvalue weighted by Crippen LogP contribution is 2.29. The lowest BCUT2D eigenvalue weighted by Gasteiger charge is -2.08. The van der Waals surface area contributed by atoms with Gasteiger partial charge in [-0.1, -0.05) is 6.07 Å². The summed E-state index contributed by atoms with van der Waals surface area (Å²) in [7, 11) is 0. The topological polar surface area (TPSA) is 62.2 Å². The van der Waals surface area contributed by atoms with E-state index >= 15 is 0 Å². The Hall–Kier alpha value is -1.95. The van der Waals surface area contributed by atoms with Gasteiger partial charge in [-0.05, 0) is 37.5 Å². The van der Waals surface area contributed by atoms with E-state index in [-0.39, 0.29) is 11.4 Å². The van der Waals surface area contributed by atoms with Crippen molar-refractivity contribution in [2.45, 2.75) is 13.8 Å². The molecule has 0 radical (unpaired) electrons. The lowest BCUT2D eigenvalue weighted by molar-refractivity contribution is 0.0697. The van der Waals surface area contributed by atoms with E-state index in [0.717, 1.165) is 11.5 Å². The normalized spacial score (nSPS) is 10.4. The van der Waals surface area contributed by atoms with Gasteiger partial charge in [-0.15, -0.1) is 0 Å². The molecule has 1 aromatic heterocycles. The van der Waals surface area contributed by atoms with Crippen LogP contribution in [-0.2, 0) is 0 Å². The third-order valence-electron chi connectivity index (χ3n) is 2.59. The second kappa shape index (κ2) is 4.73. The summed E-state index contributed by atoms with van der Waals surface area (Å²) in [6.45, 7) is 3.26. The number of aromatic carboxylic acids is 1. The number of hydrogen-bond acceptors (Lipinski definition) is 4. The summed E-state index contributed by atoms with van der Waals surface area (Å²) in [5.41, 5.74) is 1.56. The average molecular weight is 266 g/mol. The summed E-state index contributed by atoms with van der Waals surface area (Å²) in [5.74, 6) is -1.38. The summed E-state index contributed by atoms with van der Waals surface area (Å²) in [6.07, 6.45) is 0. The fourth-order valence-electron chi connectivity index (χ4n) is 1.57. The Bertz CT molecular complexity index is 610. The molecule has 1 aromatic carbocycles. The second-order valence-corrected chi connectivity index (χ2v) is 4.59. The maximum absolute atomic E-state index is 13.4. The van der Waals surface area contributed by atoms with Gasteiger partial charge in [0, 0.05) is 11.3 Å². The van der Waals surface area contributed by atoms with Crippen molar-refractivity contribution >= 4 is 28.2 Å². The summed E-state index contributed by atoms with van der Waals surface area (Å²) < 4.78 is 17.4. The summed E-state index contributed by atoms with van der Waals surface area (Å²) in [5, 5.41) is 12.4. The summed E-state index contributed by atoms with van der Waals surface area (Å²) >= 11 is 1.05. The predicted octanol–water partition coefficient (Wildman–Crippen LogP) is 3.34. The maximum Gasteiger partial charge on any atom is 0.340 e. The second-order valence-electron chi connectivity index (χ2n) is 3.81. The number of aryl methyl sites for hydroxylation is 1. The third kappa shape index (κ3) is 2.19. The highest BCUT2D eigenvalue weighted by atomic mass is 32.1. The standard InChI is InChI=1S/C12H11FN2O2S/c1-6-8(13)4-3-5-9(6)14-11-10(12(16)17)7(2)15-18-11/h3-5,14H,1-2H3,(H,16,17). The van der Waals surface area contributed by atoms with Crippen LogP contribution in [0.5, 0.6) is 0 Å². The molecule has 0 aliphatic carbocycles. The zero-order valence-corrected chi connectivity index (χ0v) is 10.6. The number of nitrogens with zero attached hydrogens (tertiary/aromatic N) is 1. The largest absolute Gasteiger partial charge is 0.478 e. The minimum Gasteiger partial charge on any atom is -0.478 e. The molecule has 0 spiro atoms. The Morgan fingerprint density at radius 3 is 2.83 bits per heavy atom. The molecule has 0 bridgehead atoms. The molecule has 2 N–H and O–H groups in total. The number of anilines is 2. The Balaban J connectivity index is 2.41. The zero-order chi connectivity index (χ0) is 13.3. The molecule has 2 aromatic rings. The van der Waals surface area contributed by atoms with Gasteiger partial charge in [-0.3, -0.25) is 0 Å². The summed E-state index contributed by atoms with van der Waals surface area (Å²) in [6, 6.07) is 4.62. The lowest BCUT2D eigenvalue weighted by atomic mass is 10.2. The van der Waals surface area contributed by atoms with Crippen LogP contribution in [0.4, 0.5) is 15.1 Å². The number of aromatic nitrogens is 1. The van der Waals surface area contributed by atoms with Crippen molar-refractivity contribution in [1.82, 2.24) is 4.37 Å². The number of rotatable bonds is 3. The number of benzene rings is 1. The van der Waals surface area contributed by atoms with E-state index in [4.69, 9.17) is 5.11 Å². The van der Waals surface area contributed by atoms with Gasteiger partial charge >= 0.3 is 5.97 Å². The number of carbonyl (C=O) groups is 1. The van der Waals surface area contributed by atoms with Crippen molar-refractivity contribution in [3.05, 3.63) is 40.8 Å². The van der Waals surface area contributed by atoms with Gasteiger partial charge < -0.3 is 10.4 Å². The van der Waals surface area contributed by atoms with Crippen LogP contribution >= 0.6 is 11.5 Å². The number of carboxylic acid groups (broad SMARTS) is 1. The van der Waals surface area contributed by atoms with E-state index in [1.54, 1.807) is 26.0 Å². The Morgan fingerprint density at radius 2 is 2.17 bits per heavy atom. The molecular formula is C12H11FN2O2S. The number of halogens is 1. The maximum atomic E-state index is 13.4. The molecule has 1 heterocycles. The number of nitrogens with one attached hydrogen (secondary N) is 1. The Labute approximate surface area is 107 Å². The first-order valence-corrected chi connectivity index (χ1v) is 5.99. The van der Waals surface area contributed by atoms with Crippen molar-refractivity contribution in [2.24, 2.45) is 0 Å². The van der Waals surface area contributed by atoms with Gasteiger partial charge in [-0.25, -0.2) is 9.18 Å². The lowest BCUT2D eigenvalue weighted by Crippen LogP contribution is -2.02. The van der Waals surface area contributed by atoms with Gasteiger partial charge in [0.15, 0.2) is 0 Å². The number of hydrogen-bond donors (Lipinski definition) is 2. The van der Waals surface area contributed by atoms with Crippen LogP contribution in [0.3, 0.4) is 0 Å². The monoisotopic (exact) mass is 266 g/mol. The fraction of sp³-hybridized carbons (Fsp3) is 0.167. The van der Waals surface area contributed by atoms with Gasteiger partial charge in [0.25, 0.3) is 0 Å². The van der Waals surface area contributed by atoms with E-state index in [0.29, 0.717) is 21.9 Å². The van der Waals surface area contributed by atoms with Crippen LogP contribution in [-0.4, -0.2) is 15.4 Å². The quantitative estimate of drug-likeness (QED) is 0.894. The molecular weight excluding hydrogens is 255 g/mol. The molecule has 0 unspecified atom stereocenters. The van der Waals surface area contributed by atoms with Crippen molar-refractivity contribution in [3.8, 4) is 0 Å². The first-order valence-electron chi connectivity index (χ1n) is 5.22. The molecule has 0 atom stereocenters. The van der Waals surface area contributed by atoms with Crippen LogP contribution in [0, 0.1) is 19.7 Å². The molecule has 0 aliphatic rings. The van der Waals surface area contributed by atoms with Crippen molar-refractivity contribution in [3.63, 3.8) is 0 Å². The van der Waals surface area contributed by atoms with Crippen molar-refractivity contribution in [1.29, 1.82) is 0 Å². The van der Waals surface area contributed by atoms with Crippen LogP contribution in [0.2, 0.25) is 0 Å². The minimum absolute atomic E-state index is 0.128. The zero-order valence-electron chi connectivity index (χ0n) is 9.82. The molecule has 2 rings (SSSR count). The van der Waals surface area contributed by atoms with Gasteiger partial charge in [0.05, 0.1) is 5.69 Å². The van der Waals surface area contributed by atoms with E-state index < -0.39 is 5.97 Å². The minimum atomic E-state index is -1.04. The SMILES string of the molecule is Cc1nsc(Nc2cccc(F)c2C)c1C(=O)O. The van der Waals surface area contributed by atoms with Gasteiger partial charge in [0.2, 0.25) is 0 Å². The molecule has 0 aliphatic heterocycles. The van der Waals surface area contributed by atoms with Gasteiger partial charge in [-0.2, -0.15) is 4.37 Å². The molecule has 6 heteroatoms. The van der Waals surface area contributed by atoms with Crippen molar-refractivity contribution < 1.29 is 14.3 Å². The van der Waals surface area contributed by atoms with Crippen LogP contribution in [0.1, 0.15) is 21.6 Å². The smallest absolute Gasteiger partial charge is 0.340 e. The molecule has 0 saturated carbocycles. The van der Waals surface area contributed by atoms with Crippen LogP contribution in [0.15, 0.2) is 18.2 Å². The van der Waals surface area contributed by atoms with E-state index in [1.807, 2.05) is 0 Å². The Morgan fingerprint density at radius 1 is 1.44 bits per heavy atom. The molecule has 0 fully saturated rings. The van der Waals surface area contributed by atoms with Gasteiger partial charge in [0.1, 0.15) is 16.4 Å². The molecule has 18 heavy (non-hydrogen) atoms. The van der Waals surface area contributed by atoms with E-state index in [2.05, 4.69) is 9.69 Å².